The third-order valence-electron chi connectivity index (χ3n) is 3.80. The maximum Gasteiger partial charge on any atom is 0.335 e. The van der Waals surface area contributed by atoms with Gasteiger partial charge in [0.15, 0.2) is 0 Å². The van der Waals surface area contributed by atoms with Crippen LogP contribution < -0.4 is 4.90 Å². The van der Waals surface area contributed by atoms with Crippen molar-refractivity contribution < 1.29 is 9.53 Å². The monoisotopic (exact) mass is 327 g/mol. The smallest absolute Gasteiger partial charge is 0.335 e. The lowest BCUT2D eigenvalue weighted by atomic mass is 10.0. The Hall–Kier alpha value is -2.26. The number of halogens is 1. The summed E-state index contributed by atoms with van der Waals surface area (Å²) in [6, 6.07) is 16.0. The van der Waals surface area contributed by atoms with Crippen molar-refractivity contribution in [2.24, 2.45) is 0 Å². The van der Waals surface area contributed by atoms with E-state index in [1.54, 1.807) is 0 Å². The number of rotatable bonds is 4. The third kappa shape index (κ3) is 3.40. The average molecular weight is 328 g/mol. The molecular weight excluding hydrogens is 310 g/mol. The molecule has 0 saturated heterocycles. The van der Waals surface area contributed by atoms with E-state index in [2.05, 4.69) is 17.0 Å². The molecule has 0 saturated carbocycles. The first kappa shape index (κ1) is 15.6. The van der Waals surface area contributed by atoms with Gasteiger partial charge in [-0.3, -0.25) is 0 Å². The Kier molecular flexibility index (Phi) is 4.68. The van der Waals surface area contributed by atoms with E-state index in [1.807, 2.05) is 49.4 Å². The predicted molar refractivity (Wildman–Crippen MR) is 93.6 cm³/mol. The maximum atomic E-state index is 12.2. The molecular formula is C19H18ClNO2. The molecule has 0 fully saturated rings. The van der Waals surface area contributed by atoms with Crippen molar-refractivity contribution >= 4 is 29.3 Å². The van der Waals surface area contributed by atoms with Gasteiger partial charge in [0, 0.05) is 22.8 Å². The number of benzene rings is 2. The molecule has 0 aromatic heterocycles. The van der Waals surface area contributed by atoms with Crippen molar-refractivity contribution in [3.05, 3.63) is 70.3 Å². The van der Waals surface area contributed by atoms with E-state index in [9.17, 15) is 4.79 Å². The van der Waals surface area contributed by atoms with E-state index in [-0.39, 0.29) is 5.97 Å². The number of esters is 1. The zero-order valence-electron chi connectivity index (χ0n) is 13.0. The van der Waals surface area contributed by atoms with Gasteiger partial charge in [0.2, 0.25) is 0 Å². The Bertz CT molecular complexity index is 740. The van der Waals surface area contributed by atoms with Crippen LogP contribution in [0.2, 0.25) is 5.02 Å². The van der Waals surface area contributed by atoms with Gasteiger partial charge in [-0.1, -0.05) is 48.0 Å². The summed E-state index contributed by atoms with van der Waals surface area (Å²) >= 11 is 6.33. The predicted octanol–water partition coefficient (Wildman–Crippen LogP) is 4.31. The van der Waals surface area contributed by atoms with Crippen LogP contribution in [0, 0.1) is 0 Å². The minimum atomic E-state index is -0.281. The van der Waals surface area contributed by atoms with Crippen LogP contribution in [-0.4, -0.2) is 19.1 Å². The zero-order chi connectivity index (χ0) is 16.2. The molecule has 0 spiro atoms. The van der Waals surface area contributed by atoms with Crippen molar-refractivity contribution in [3.63, 3.8) is 0 Å². The van der Waals surface area contributed by atoms with Crippen molar-refractivity contribution in [1.29, 1.82) is 0 Å². The molecule has 1 heterocycles. The van der Waals surface area contributed by atoms with E-state index in [1.165, 1.54) is 5.56 Å². The van der Waals surface area contributed by atoms with E-state index in [0.717, 1.165) is 11.3 Å². The normalized spacial score (nSPS) is 13.3. The number of nitrogens with zero attached hydrogens (tertiary/aromatic N) is 1. The summed E-state index contributed by atoms with van der Waals surface area (Å²) in [4.78, 5) is 14.3. The van der Waals surface area contributed by atoms with Crippen LogP contribution in [0.1, 0.15) is 18.1 Å². The molecule has 3 nitrogen and oxygen atoms in total. The molecule has 0 aliphatic carbocycles. The second kappa shape index (κ2) is 6.88. The fraction of sp³-hybridized carbons (Fsp3) is 0.211. The van der Waals surface area contributed by atoms with E-state index in [0.29, 0.717) is 30.3 Å². The molecule has 0 amide bonds. The second-order valence-electron chi connectivity index (χ2n) is 5.40. The summed E-state index contributed by atoms with van der Waals surface area (Å²) in [5, 5.41) is 0.641. The molecule has 0 N–H and O–H groups in total. The average Bonchev–Trinajstić information content (AvgIpc) is 2.56. The summed E-state index contributed by atoms with van der Waals surface area (Å²) < 4.78 is 5.16. The van der Waals surface area contributed by atoms with Crippen LogP contribution in [0.3, 0.4) is 0 Å². The minimum Gasteiger partial charge on any atom is -0.463 e. The Balaban J connectivity index is 1.97. The van der Waals surface area contributed by atoms with Crippen LogP contribution in [-0.2, 0) is 16.1 Å². The van der Waals surface area contributed by atoms with Crippen LogP contribution in [0.25, 0.3) is 6.08 Å². The molecule has 1 aliphatic rings. The summed E-state index contributed by atoms with van der Waals surface area (Å²) in [5.41, 5.74) is 3.72. The topological polar surface area (TPSA) is 29.5 Å². The summed E-state index contributed by atoms with van der Waals surface area (Å²) in [7, 11) is 0. The Morgan fingerprint density at radius 1 is 1.17 bits per heavy atom. The highest BCUT2D eigenvalue weighted by molar-refractivity contribution is 6.32. The quantitative estimate of drug-likeness (QED) is 0.784. The SMILES string of the molecule is CCOC(=O)C1=Cc2c(Cl)cccc2N(Cc2ccccc2)C1. The highest BCUT2D eigenvalue weighted by atomic mass is 35.5. The van der Waals surface area contributed by atoms with Gasteiger partial charge in [0.1, 0.15) is 0 Å². The second-order valence-corrected chi connectivity index (χ2v) is 5.81. The highest BCUT2D eigenvalue weighted by Crippen LogP contribution is 2.35. The third-order valence-corrected chi connectivity index (χ3v) is 4.13. The molecule has 0 radical (unpaired) electrons. The van der Waals surface area contributed by atoms with E-state index in [4.69, 9.17) is 16.3 Å². The lowest BCUT2D eigenvalue weighted by molar-refractivity contribution is -0.138. The Morgan fingerprint density at radius 3 is 2.70 bits per heavy atom. The first-order chi connectivity index (χ1) is 11.2. The zero-order valence-corrected chi connectivity index (χ0v) is 13.7. The van der Waals surface area contributed by atoms with Crippen LogP contribution in [0.15, 0.2) is 54.1 Å². The molecule has 3 rings (SSSR count). The van der Waals surface area contributed by atoms with Crippen LogP contribution in [0.5, 0.6) is 0 Å². The lowest BCUT2D eigenvalue weighted by Crippen LogP contribution is -2.31. The largest absolute Gasteiger partial charge is 0.463 e. The number of fused-ring (bicyclic) bond motifs is 1. The van der Waals surface area contributed by atoms with Gasteiger partial charge in [-0.2, -0.15) is 0 Å². The number of carbonyl (C=O) groups is 1. The van der Waals surface area contributed by atoms with Crippen molar-refractivity contribution in [2.45, 2.75) is 13.5 Å². The van der Waals surface area contributed by atoms with E-state index >= 15 is 0 Å². The fourth-order valence-corrected chi connectivity index (χ4v) is 2.97. The summed E-state index contributed by atoms with van der Waals surface area (Å²) in [5.74, 6) is -0.281. The fourth-order valence-electron chi connectivity index (χ4n) is 2.75. The van der Waals surface area contributed by atoms with Gasteiger partial charge in [0.25, 0.3) is 0 Å². The van der Waals surface area contributed by atoms with Gasteiger partial charge < -0.3 is 9.64 Å². The molecule has 1 aliphatic heterocycles. The number of anilines is 1. The van der Waals surface area contributed by atoms with Gasteiger partial charge in [-0.15, -0.1) is 0 Å². The number of hydrogen-bond acceptors (Lipinski definition) is 3. The highest BCUT2D eigenvalue weighted by Gasteiger charge is 2.24. The number of ether oxygens (including phenoxy) is 1. The molecule has 4 heteroatoms. The summed E-state index contributed by atoms with van der Waals surface area (Å²) in [6.07, 6.45) is 1.84. The number of hydrogen-bond donors (Lipinski definition) is 0. The molecule has 2 aromatic carbocycles. The molecule has 23 heavy (non-hydrogen) atoms. The van der Waals surface area contributed by atoms with Crippen molar-refractivity contribution in [1.82, 2.24) is 0 Å². The van der Waals surface area contributed by atoms with Gasteiger partial charge in [0.05, 0.1) is 18.7 Å². The molecule has 118 valence electrons. The first-order valence-electron chi connectivity index (χ1n) is 7.64. The van der Waals surface area contributed by atoms with Gasteiger partial charge >= 0.3 is 5.97 Å². The minimum absolute atomic E-state index is 0.281. The molecule has 0 bridgehead atoms. The number of carbonyl (C=O) groups excluding carboxylic acids is 1. The molecule has 2 aromatic rings. The van der Waals surface area contributed by atoms with E-state index < -0.39 is 0 Å². The standard InChI is InChI=1S/C19H18ClNO2/c1-2-23-19(22)15-11-16-17(20)9-6-10-18(16)21(13-15)12-14-7-4-3-5-8-14/h3-11H,2,12-13H2,1H3. The summed E-state index contributed by atoms with van der Waals surface area (Å²) in [6.45, 7) is 3.40. The first-order valence-corrected chi connectivity index (χ1v) is 8.02. The molecule has 0 atom stereocenters. The lowest BCUT2D eigenvalue weighted by Gasteiger charge is -2.31. The van der Waals surface area contributed by atoms with Gasteiger partial charge in [-0.05, 0) is 30.7 Å². The van der Waals surface area contributed by atoms with Crippen molar-refractivity contribution in [2.75, 3.05) is 18.1 Å². The Morgan fingerprint density at radius 2 is 1.96 bits per heavy atom. The van der Waals surface area contributed by atoms with Crippen LogP contribution in [0.4, 0.5) is 5.69 Å². The van der Waals surface area contributed by atoms with Crippen molar-refractivity contribution in [3.8, 4) is 0 Å². The van der Waals surface area contributed by atoms with Crippen LogP contribution >= 0.6 is 11.6 Å². The maximum absolute atomic E-state index is 12.2. The van der Waals surface area contributed by atoms with Gasteiger partial charge in [-0.25, -0.2) is 4.79 Å². The Labute approximate surface area is 141 Å². The molecule has 0 unspecified atom stereocenters.